The first-order valence-electron chi connectivity index (χ1n) is 9.18. The zero-order valence-corrected chi connectivity index (χ0v) is 15.8. The van der Waals surface area contributed by atoms with E-state index >= 15 is 0 Å². The summed E-state index contributed by atoms with van der Waals surface area (Å²) >= 11 is 0. The third-order valence-corrected chi connectivity index (χ3v) is 4.94. The van der Waals surface area contributed by atoms with Gasteiger partial charge in [-0.05, 0) is 38.8 Å². The number of aryl methyl sites for hydroxylation is 1. The van der Waals surface area contributed by atoms with Crippen molar-refractivity contribution < 1.29 is 4.79 Å². The summed E-state index contributed by atoms with van der Waals surface area (Å²) in [5.41, 5.74) is 2.33. The molecule has 0 atom stereocenters. The summed E-state index contributed by atoms with van der Waals surface area (Å²) in [7, 11) is 0. The van der Waals surface area contributed by atoms with Gasteiger partial charge in [0.2, 0.25) is 5.91 Å². The van der Waals surface area contributed by atoms with E-state index in [1.54, 1.807) is 10.9 Å². The predicted molar refractivity (Wildman–Crippen MR) is 104 cm³/mol. The van der Waals surface area contributed by atoms with E-state index in [2.05, 4.69) is 16.1 Å². The Morgan fingerprint density at radius 3 is 2.78 bits per heavy atom. The Morgan fingerprint density at radius 2 is 2.00 bits per heavy atom. The lowest BCUT2D eigenvalue weighted by Gasteiger charge is -2.19. The highest BCUT2D eigenvalue weighted by Crippen LogP contribution is 2.27. The van der Waals surface area contributed by atoms with Crippen LogP contribution < -0.4 is 10.5 Å². The average Bonchev–Trinajstić information content (AvgIpc) is 3.25. The molecule has 3 heterocycles. The molecular formula is C20H23N5O2. The van der Waals surface area contributed by atoms with Gasteiger partial charge in [0.15, 0.2) is 5.65 Å². The second kappa shape index (κ2) is 6.33. The summed E-state index contributed by atoms with van der Waals surface area (Å²) in [6.45, 7) is 7.04. The topological polar surface area (TPSA) is 73.0 Å². The summed E-state index contributed by atoms with van der Waals surface area (Å²) in [5.74, 6) is 0.0253. The van der Waals surface area contributed by atoms with E-state index < -0.39 is 0 Å². The molecule has 7 heteroatoms. The first-order chi connectivity index (χ1) is 12.9. The molecule has 0 radical (unpaired) electrons. The molecule has 4 rings (SSSR count). The molecule has 0 saturated heterocycles. The van der Waals surface area contributed by atoms with Crippen LogP contribution >= 0.6 is 0 Å². The van der Waals surface area contributed by atoms with Crippen molar-refractivity contribution in [3.8, 4) is 0 Å². The van der Waals surface area contributed by atoms with Gasteiger partial charge in [-0.3, -0.25) is 14.2 Å². The van der Waals surface area contributed by atoms with Gasteiger partial charge in [0.25, 0.3) is 5.56 Å². The highest BCUT2D eigenvalue weighted by Gasteiger charge is 2.24. The maximum absolute atomic E-state index is 12.7. The number of aromatic nitrogens is 4. The fourth-order valence-corrected chi connectivity index (χ4v) is 3.55. The Hall–Kier alpha value is -2.96. The van der Waals surface area contributed by atoms with Crippen LogP contribution in [0.25, 0.3) is 11.0 Å². The fraction of sp³-hybridized carbons (Fsp3) is 0.400. The molecule has 0 aliphatic carbocycles. The summed E-state index contributed by atoms with van der Waals surface area (Å²) in [6.07, 6.45) is 4.21. The van der Waals surface area contributed by atoms with Crippen LogP contribution in [0.5, 0.6) is 0 Å². The van der Waals surface area contributed by atoms with E-state index in [4.69, 9.17) is 0 Å². The van der Waals surface area contributed by atoms with Crippen LogP contribution in [-0.4, -0.2) is 31.8 Å². The molecule has 1 aromatic carbocycles. The van der Waals surface area contributed by atoms with Crippen LogP contribution in [0.1, 0.15) is 32.8 Å². The molecule has 7 nitrogen and oxygen atoms in total. The molecule has 0 bridgehead atoms. The van der Waals surface area contributed by atoms with E-state index in [-0.39, 0.29) is 23.4 Å². The fourth-order valence-electron chi connectivity index (χ4n) is 3.55. The number of hydrogen-bond acceptors (Lipinski definition) is 4. The van der Waals surface area contributed by atoms with Crippen LogP contribution in [0.3, 0.4) is 0 Å². The number of carbonyl (C=O) groups excluding carboxylic acids is 1. The van der Waals surface area contributed by atoms with Crippen molar-refractivity contribution in [2.45, 2.75) is 45.7 Å². The molecule has 1 aliphatic heterocycles. The number of para-hydroxylation sites is 1. The van der Waals surface area contributed by atoms with Gasteiger partial charge in [0.05, 0.1) is 18.1 Å². The van der Waals surface area contributed by atoms with Gasteiger partial charge in [-0.15, -0.1) is 0 Å². The SMILES string of the molecule is CC(C)(C)n1ncc2c(=O)n(CCC(=O)N3CCc4ccccc43)cnc21. The molecule has 2 aromatic heterocycles. The van der Waals surface area contributed by atoms with Crippen LogP contribution in [0, 0.1) is 0 Å². The average molecular weight is 365 g/mol. The lowest BCUT2D eigenvalue weighted by molar-refractivity contribution is -0.118. The number of rotatable bonds is 3. The van der Waals surface area contributed by atoms with Gasteiger partial charge >= 0.3 is 0 Å². The highest BCUT2D eigenvalue weighted by atomic mass is 16.2. The minimum Gasteiger partial charge on any atom is -0.312 e. The third kappa shape index (κ3) is 3.03. The number of carbonyl (C=O) groups is 1. The summed E-state index contributed by atoms with van der Waals surface area (Å²) in [5, 5.41) is 4.80. The zero-order valence-electron chi connectivity index (χ0n) is 15.8. The number of nitrogens with zero attached hydrogens (tertiary/aromatic N) is 5. The van der Waals surface area contributed by atoms with Crippen molar-refractivity contribution in [2.75, 3.05) is 11.4 Å². The lowest BCUT2D eigenvalue weighted by Crippen LogP contribution is -2.31. The van der Waals surface area contributed by atoms with Gasteiger partial charge in [0, 0.05) is 25.2 Å². The van der Waals surface area contributed by atoms with Gasteiger partial charge in [0.1, 0.15) is 5.39 Å². The second-order valence-electron chi connectivity index (χ2n) is 7.88. The van der Waals surface area contributed by atoms with E-state index in [9.17, 15) is 9.59 Å². The van der Waals surface area contributed by atoms with Gasteiger partial charge in [-0.2, -0.15) is 5.10 Å². The summed E-state index contributed by atoms with van der Waals surface area (Å²) < 4.78 is 3.25. The van der Waals surface area contributed by atoms with Crippen molar-refractivity contribution in [3.63, 3.8) is 0 Å². The van der Waals surface area contributed by atoms with E-state index in [0.717, 1.165) is 12.1 Å². The van der Waals surface area contributed by atoms with E-state index in [0.29, 0.717) is 24.1 Å². The van der Waals surface area contributed by atoms with Crippen molar-refractivity contribution in [1.82, 2.24) is 19.3 Å². The maximum Gasteiger partial charge on any atom is 0.264 e. The summed E-state index contributed by atoms with van der Waals surface area (Å²) in [6, 6.07) is 7.96. The quantitative estimate of drug-likeness (QED) is 0.714. The molecule has 0 spiro atoms. The van der Waals surface area contributed by atoms with Crippen molar-refractivity contribution in [1.29, 1.82) is 0 Å². The number of amides is 1. The molecule has 1 aliphatic rings. The molecule has 27 heavy (non-hydrogen) atoms. The Balaban J connectivity index is 1.54. The van der Waals surface area contributed by atoms with Crippen LogP contribution in [-0.2, 0) is 23.3 Å². The Labute approximate surface area is 157 Å². The zero-order chi connectivity index (χ0) is 19.2. The number of benzene rings is 1. The minimum atomic E-state index is -0.257. The lowest BCUT2D eigenvalue weighted by atomic mass is 10.1. The minimum absolute atomic E-state index is 0.0253. The van der Waals surface area contributed by atoms with E-state index in [1.165, 1.54) is 16.5 Å². The largest absolute Gasteiger partial charge is 0.312 e. The summed E-state index contributed by atoms with van der Waals surface area (Å²) in [4.78, 5) is 31.6. The monoisotopic (exact) mass is 365 g/mol. The molecule has 0 N–H and O–H groups in total. The first-order valence-corrected chi connectivity index (χ1v) is 9.18. The van der Waals surface area contributed by atoms with Crippen molar-refractivity contribution in [3.05, 3.63) is 52.7 Å². The van der Waals surface area contributed by atoms with Crippen molar-refractivity contribution in [2.24, 2.45) is 0 Å². The second-order valence-corrected chi connectivity index (χ2v) is 7.88. The predicted octanol–water partition coefficient (Wildman–Crippen LogP) is 2.33. The molecule has 1 amide bonds. The normalized spacial score (nSPS) is 14.0. The Morgan fingerprint density at radius 1 is 1.22 bits per heavy atom. The van der Waals surface area contributed by atoms with E-state index in [1.807, 2.05) is 43.9 Å². The highest BCUT2D eigenvalue weighted by molar-refractivity contribution is 5.95. The molecule has 0 fully saturated rings. The van der Waals surface area contributed by atoms with Crippen LogP contribution in [0.4, 0.5) is 5.69 Å². The van der Waals surface area contributed by atoms with Crippen LogP contribution in [0.15, 0.2) is 41.6 Å². The maximum atomic E-state index is 12.7. The van der Waals surface area contributed by atoms with Gasteiger partial charge < -0.3 is 4.90 Å². The molecule has 3 aromatic rings. The van der Waals surface area contributed by atoms with Crippen LogP contribution in [0.2, 0.25) is 0 Å². The standard InChI is InChI=1S/C20H23N5O2/c1-20(2,3)25-18-15(12-22-25)19(27)23(13-21-18)10-9-17(26)24-11-8-14-6-4-5-7-16(14)24/h4-7,12-13H,8-11H2,1-3H3. The number of fused-ring (bicyclic) bond motifs is 2. The smallest absolute Gasteiger partial charge is 0.264 e. The molecule has 140 valence electrons. The van der Waals surface area contributed by atoms with Gasteiger partial charge in [-0.1, -0.05) is 18.2 Å². The Kier molecular flexibility index (Phi) is 4.09. The first kappa shape index (κ1) is 17.5. The number of hydrogen-bond donors (Lipinski definition) is 0. The Bertz CT molecular complexity index is 1070. The molecule has 0 unspecified atom stereocenters. The van der Waals surface area contributed by atoms with Gasteiger partial charge in [-0.25, -0.2) is 9.67 Å². The van der Waals surface area contributed by atoms with Crippen molar-refractivity contribution >= 4 is 22.6 Å². The molecule has 0 saturated carbocycles. The molecular weight excluding hydrogens is 342 g/mol. The third-order valence-electron chi connectivity index (χ3n) is 4.94. The number of anilines is 1.